The van der Waals surface area contributed by atoms with Crippen molar-refractivity contribution in [2.24, 2.45) is 5.92 Å². The summed E-state index contributed by atoms with van der Waals surface area (Å²) in [5.41, 5.74) is 0.535. The Kier molecular flexibility index (Phi) is 8.41. The van der Waals surface area contributed by atoms with Crippen molar-refractivity contribution in [1.29, 1.82) is 0 Å². The van der Waals surface area contributed by atoms with Crippen LogP contribution in [0.5, 0.6) is 0 Å². The van der Waals surface area contributed by atoms with Gasteiger partial charge in [0.15, 0.2) is 0 Å². The lowest BCUT2D eigenvalue weighted by Gasteiger charge is -2.43. The minimum Gasteiger partial charge on any atom is -0.460 e. The second-order valence-corrected chi connectivity index (χ2v) is 7.57. The van der Waals surface area contributed by atoms with Crippen molar-refractivity contribution < 1.29 is 19.1 Å². The molecule has 0 spiro atoms. The first-order valence-electron chi connectivity index (χ1n) is 9.57. The first-order valence-corrected chi connectivity index (χ1v) is 9.57. The van der Waals surface area contributed by atoms with E-state index in [2.05, 4.69) is 21.3 Å². The highest BCUT2D eigenvalue weighted by atomic mass is 16.5. The third kappa shape index (κ3) is 6.94. The zero-order chi connectivity index (χ0) is 20.4. The summed E-state index contributed by atoms with van der Waals surface area (Å²) in [4.78, 5) is 35.1. The largest absolute Gasteiger partial charge is 0.460 e. The van der Waals surface area contributed by atoms with E-state index in [9.17, 15) is 14.4 Å². The van der Waals surface area contributed by atoms with Crippen LogP contribution in [0.3, 0.4) is 0 Å². The van der Waals surface area contributed by atoms with Gasteiger partial charge in [-0.05, 0) is 17.9 Å². The van der Waals surface area contributed by atoms with Crippen LogP contribution in [0.25, 0.3) is 0 Å². The van der Waals surface area contributed by atoms with E-state index in [0.29, 0.717) is 32.5 Å². The summed E-state index contributed by atoms with van der Waals surface area (Å²) in [6, 6.07) is 8.93. The van der Waals surface area contributed by atoms with E-state index in [0.717, 1.165) is 5.56 Å². The van der Waals surface area contributed by atoms with Crippen LogP contribution in [0.4, 0.5) is 0 Å². The van der Waals surface area contributed by atoms with E-state index < -0.39 is 11.6 Å². The average molecular weight is 390 g/mol. The third-order valence-electron chi connectivity index (χ3n) is 4.67. The number of amides is 2. The van der Waals surface area contributed by atoms with Gasteiger partial charge in [-0.25, -0.2) is 0 Å². The van der Waals surface area contributed by atoms with E-state index in [1.165, 1.54) is 0 Å². The van der Waals surface area contributed by atoms with Gasteiger partial charge in [-0.2, -0.15) is 0 Å². The molecular formula is C20H30N4O4. The molecule has 0 bridgehead atoms. The van der Waals surface area contributed by atoms with Gasteiger partial charge >= 0.3 is 5.97 Å². The van der Waals surface area contributed by atoms with Crippen LogP contribution >= 0.6 is 0 Å². The molecule has 1 aromatic rings. The highest BCUT2D eigenvalue weighted by Crippen LogP contribution is 2.11. The van der Waals surface area contributed by atoms with Crippen LogP contribution in [0.15, 0.2) is 30.3 Å². The molecule has 154 valence electrons. The van der Waals surface area contributed by atoms with E-state index in [-0.39, 0.29) is 30.9 Å². The molecule has 1 aromatic carbocycles. The molecule has 2 rings (SSSR count). The standard InChI is InChI=1S/C20H30N4O4/c1-15(2)8-17(23-14-25)19(27)22-13-20(11-21-12-20)24-9-18(26)28-10-16-6-4-3-5-7-16/h3-7,14-15,17,21,24H,8-13H2,1-2H3,(H,22,27)(H,23,25)/t17-/m0/s1. The van der Waals surface area contributed by atoms with E-state index in [1.54, 1.807) is 0 Å². The SMILES string of the molecule is CC(C)C[C@H](NC=O)C(=O)NCC1(NCC(=O)OCc2ccccc2)CNC1. The van der Waals surface area contributed by atoms with Crippen molar-refractivity contribution in [2.75, 3.05) is 26.2 Å². The molecule has 8 nitrogen and oxygen atoms in total. The zero-order valence-corrected chi connectivity index (χ0v) is 16.5. The highest BCUT2D eigenvalue weighted by Gasteiger charge is 2.37. The van der Waals surface area contributed by atoms with Crippen molar-refractivity contribution in [3.63, 3.8) is 0 Å². The Hall–Kier alpha value is -2.45. The van der Waals surface area contributed by atoms with Crippen LogP contribution in [-0.2, 0) is 25.7 Å². The molecule has 28 heavy (non-hydrogen) atoms. The van der Waals surface area contributed by atoms with Gasteiger partial charge in [-0.3, -0.25) is 19.7 Å². The van der Waals surface area contributed by atoms with Gasteiger partial charge in [-0.1, -0.05) is 44.2 Å². The normalized spacial score (nSPS) is 16.0. The number of carbonyl (C=O) groups excluding carboxylic acids is 3. The number of ether oxygens (including phenoxy) is 1. The Morgan fingerprint density at radius 3 is 2.54 bits per heavy atom. The fourth-order valence-corrected chi connectivity index (χ4v) is 2.97. The Balaban J connectivity index is 1.76. The van der Waals surface area contributed by atoms with Crippen LogP contribution in [-0.4, -0.2) is 56.0 Å². The molecule has 0 aliphatic carbocycles. The number of hydrogen-bond acceptors (Lipinski definition) is 6. The summed E-state index contributed by atoms with van der Waals surface area (Å²) in [5, 5.41) is 11.8. The maximum absolute atomic E-state index is 12.4. The second-order valence-electron chi connectivity index (χ2n) is 7.57. The van der Waals surface area contributed by atoms with E-state index >= 15 is 0 Å². The van der Waals surface area contributed by atoms with Crippen LogP contribution in [0.2, 0.25) is 0 Å². The summed E-state index contributed by atoms with van der Waals surface area (Å²) in [5.74, 6) is -0.290. The van der Waals surface area contributed by atoms with Gasteiger partial charge < -0.3 is 20.7 Å². The van der Waals surface area contributed by atoms with Crippen LogP contribution in [0, 0.1) is 5.92 Å². The third-order valence-corrected chi connectivity index (χ3v) is 4.67. The fourth-order valence-electron chi connectivity index (χ4n) is 2.97. The van der Waals surface area contributed by atoms with Crippen molar-refractivity contribution in [3.8, 4) is 0 Å². The van der Waals surface area contributed by atoms with Crippen molar-refractivity contribution in [1.82, 2.24) is 21.3 Å². The van der Waals surface area contributed by atoms with Gasteiger partial charge in [0.1, 0.15) is 12.6 Å². The minimum atomic E-state index is -0.557. The lowest BCUT2D eigenvalue weighted by molar-refractivity contribution is -0.144. The number of nitrogens with one attached hydrogen (secondary N) is 4. The van der Waals surface area contributed by atoms with Crippen molar-refractivity contribution in [2.45, 2.75) is 38.5 Å². The molecule has 1 atom stereocenters. The Morgan fingerprint density at radius 2 is 1.96 bits per heavy atom. The van der Waals surface area contributed by atoms with Gasteiger partial charge in [0.2, 0.25) is 12.3 Å². The maximum Gasteiger partial charge on any atom is 0.320 e. The first kappa shape index (κ1) is 21.8. The van der Waals surface area contributed by atoms with Crippen LogP contribution in [0.1, 0.15) is 25.8 Å². The van der Waals surface area contributed by atoms with Crippen molar-refractivity contribution >= 4 is 18.3 Å². The molecular weight excluding hydrogens is 360 g/mol. The second kappa shape index (κ2) is 10.8. The number of hydrogen-bond donors (Lipinski definition) is 4. The Labute approximate surface area is 165 Å². The number of benzene rings is 1. The molecule has 1 aliphatic rings. The molecule has 8 heteroatoms. The first-order chi connectivity index (χ1) is 13.4. The number of carbonyl (C=O) groups is 3. The summed E-state index contributed by atoms with van der Waals surface area (Å²) in [6.45, 7) is 5.91. The predicted molar refractivity (Wildman–Crippen MR) is 105 cm³/mol. The van der Waals surface area contributed by atoms with Gasteiger partial charge in [0, 0.05) is 19.6 Å². The van der Waals surface area contributed by atoms with Gasteiger partial charge in [0.05, 0.1) is 12.1 Å². The molecule has 4 N–H and O–H groups in total. The zero-order valence-electron chi connectivity index (χ0n) is 16.5. The summed E-state index contributed by atoms with van der Waals surface area (Å²) in [6.07, 6.45) is 1.11. The number of esters is 1. The highest BCUT2D eigenvalue weighted by molar-refractivity contribution is 5.83. The molecule has 1 aliphatic heterocycles. The monoisotopic (exact) mass is 390 g/mol. The predicted octanol–water partition coefficient (Wildman–Crippen LogP) is -0.0617. The van der Waals surface area contributed by atoms with E-state index in [1.807, 2.05) is 44.2 Å². The smallest absolute Gasteiger partial charge is 0.320 e. The summed E-state index contributed by atoms with van der Waals surface area (Å²) < 4.78 is 5.27. The topological polar surface area (TPSA) is 109 Å². The molecule has 1 saturated heterocycles. The Morgan fingerprint density at radius 1 is 1.25 bits per heavy atom. The molecule has 0 radical (unpaired) electrons. The molecule has 2 amide bonds. The molecule has 1 heterocycles. The molecule has 0 aromatic heterocycles. The van der Waals surface area contributed by atoms with Gasteiger partial charge in [0.25, 0.3) is 0 Å². The number of rotatable bonds is 12. The maximum atomic E-state index is 12.4. The minimum absolute atomic E-state index is 0.0619. The lowest BCUT2D eigenvalue weighted by Crippen LogP contribution is -2.73. The van der Waals surface area contributed by atoms with Crippen LogP contribution < -0.4 is 21.3 Å². The Bertz CT molecular complexity index is 647. The van der Waals surface area contributed by atoms with Crippen molar-refractivity contribution in [3.05, 3.63) is 35.9 Å². The summed E-state index contributed by atoms with van der Waals surface area (Å²) in [7, 11) is 0. The summed E-state index contributed by atoms with van der Waals surface area (Å²) >= 11 is 0. The quantitative estimate of drug-likeness (QED) is 0.294. The fraction of sp³-hybridized carbons (Fsp3) is 0.550. The van der Waals surface area contributed by atoms with E-state index in [4.69, 9.17) is 4.74 Å². The lowest BCUT2D eigenvalue weighted by atomic mass is 9.92. The molecule has 1 fully saturated rings. The molecule has 0 unspecified atom stereocenters. The molecule has 0 saturated carbocycles. The average Bonchev–Trinajstić information content (AvgIpc) is 2.65. The van der Waals surface area contributed by atoms with Gasteiger partial charge in [-0.15, -0.1) is 0 Å².